The van der Waals surface area contributed by atoms with Crippen molar-refractivity contribution >= 4 is 29.0 Å². The van der Waals surface area contributed by atoms with Gasteiger partial charge in [-0.2, -0.15) is 13.2 Å². The van der Waals surface area contributed by atoms with Gasteiger partial charge in [0.05, 0.1) is 28.7 Å². The van der Waals surface area contributed by atoms with Gasteiger partial charge in [-0.05, 0) is 31.9 Å². The Bertz CT molecular complexity index is 970. The van der Waals surface area contributed by atoms with E-state index < -0.39 is 34.2 Å². The third kappa shape index (κ3) is 5.01. The largest absolute Gasteiger partial charge is 0.466 e. The van der Waals surface area contributed by atoms with Crippen molar-refractivity contribution in [3.8, 4) is 0 Å². The highest BCUT2D eigenvalue weighted by molar-refractivity contribution is 5.77. The highest BCUT2D eigenvalue weighted by Gasteiger charge is 2.36. The molecule has 3 rings (SSSR count). The molecule has 0 saturated carbocycles. The van der Waals surface area contributed by atoms with E-state index in [9.17, 15) is 28.1 Å². The zero-order valence-corrected chi connectivity index (χ0v) is 16.6. The number of hydrogen-bond donors (Lipinski definition) is 1. The molecule has 0 bridgehead atoms. The number of rotatable bonds is 6. The van der Waals surface area contributed by atoms with Crippen LogP contribution in [-0.4, -0.2) is 40.6 Å². The number of para-hydroxylation sites is 1. The zero-order chi connectivity index (χ0) is 22.6. The molecule has 1 atom stereocenters. The van der Waals surface area contributed by atoms with Crippen LogP contribution < -0.4 is 10.2 Å². The molecule has 1 aliphatic rings. The fourth-order valence-corrected chi connectivity index (χ4v) is 3.45. The summed E-state index contributed by atoms with van der Waals surface area (Å²) in [4.78, 5) is 32.5. The van der Waals surface area contributed by atoms with Crippen molar-refractivity contribution in [1.82, 2.24) is 9.97 Å². The SMILES string of the molecule is CCOC(=O)C1CCCN(c2ncnc(Nc3ccccc3C(F)(F)F)c2[N+](=O)[O-])C1. The predicted octanol–water partition coefficient (Wildman–Crippen LogP) is 3.93. The highest BCUT2D eigenvalue weighted by Crippen LogP contribution is 2.39. The van der Waals surface area contributed by atoms with E-state index in [1.165, 1.54) is 12.1 Å². The normalized spacial score (nSPS) is 16.6. The van der Waals surface area contributed by atoms with Gasteiger partial charge < -0.3 is 15.0 Å². The maximum absolute atomic E-state index is 13.3. The number of nitro groups is 1. The van der Waals surface area contributed by atoms with Crippen molar-refractivity contribution in [2.24, 2.45) is 5.92 Å². The number of hydrogen-bond acceptors (Lipinski definition) is 8. The molecule has 1 fully saturated rings. The Morgan fingerprint density at radius 3 is 2.77 bits per heavy atom. The maximum atomic E-state index is 13.3. The molecule has 1 aromatic carbocycles. The van der Waals surface area contributed by atoms with Crippen molar-refractivity contribution < 1.29 is 27.6 Å². The monoisotopic (exact) mass is 439 g/mol. The van der Waals surface area contributed by atoms with Crippen LogP contribution in [0.25, 0.3) is 0 Å². The molecule has 166 valence electrons. The molecule has 9 nitrogen and oxygen atoms in total. The van der Waals surface area contributed by atoms with E-state index in [2.05, 4.69) is 15.3 Å². The first kappa shape index (κ1) is 22.2. The second kappa shape index (κ2) is 9.14. The first-order valence-corrected chi connectivity index (χ1v) is 9.56. The Morgan fingerprint density at radius 2 is 2.10 bits per heavy atom. The van der Waals surface area contributed by atoms with Gasteiger partial charge >= 0.3 is 17.8 Å². The summed E-state index contributed by atoms with van der Waals surface area (Å²) in [5.41, 5.74) is -1.92. The van der Waals surface area contributed by atoms with Crippen LogP contribution in [0.4, 0.5) is 36.2 Å². The molecule has 1 aromatic heterocycles. The minimum Gasteiger partial charge on any atom is -0.466 e. The number of aromatic nitrogens is 2. The van der Waals surface area contributed by atoms with Crippen LogP contribution in [0, 0.1) is 16.0 Å². The quantitative estimate of drug-likeness (QED) is 0.410. The van der Waals surface area contributed by atoms with Gasteiger partial charge in [0.1, 0.15) is 6.33 Å². The lowest BCUT2D eigenvalue weighted by molar-refractivity contribution is -0.383. The van der Waals surface area contributed by atoms with Gasteiger partial charge in [-0.15, -0.1) is 0 Å². The summed E-state index contributed by atoms with van der Waals surface area (Å²) in [6, 6.07) is 4.62. The molecule has 2 heterocycles. The van der Waals surface area contributed by atoms with Crippen LogP contribution >= 0.6 is 0 Å². The second-order valence-electron chi connectivity index (χ2n) is 6.86. The van der Waals surface area contributed by atoms with E-state index >= 15 is 0 Å². The summed E-state index contributed by atoms with van der Waals surface area (Å²) >= 11 is 0. The molecule has 2 aromatic rings. The molecular formula is C19H20F3N5O4. The number of benzene rings is 1. The number of carbonyl (C=O) groups excluding carboxylic acids is 1. The number of piperidine rings is 1. The number of alkyl halides is 3. The Balaban J connectivity index is 1.96. The lowest BCUT2D eigenvalue weighted by atomic mass is 9.98. The van der Waals surface area contributed by atoms with E-state index in [1.54, 1.807) is 11.8 Å². The molecule has 1 saturated heterocycles. The summed E-state index contributed by atoms with van der Waals surface area (Å²) in [7, 11) is 0. The summed E-state index contributed by atoms with van der Waals surface area (Å²) in [6.45, 7) is 2.45. The minimum atomic E-state index is -4.66. The highest BCUT2D eigenvalue weighted by atomic mass is 19.4. The molecule has 12 heteroatoms. The molecule has 0 aliphatic carbocycles. The van der Waals surface area contributed by atoms with E-state index in [4.69, 9.17) is 4.74 Å². The third-order valence-corrected chi connectivity index (χ3v) is 4.81. The first-order chi connectivity index (χ1) is 14.7. The number of nitrogens with one attached hydrogen (secondary N) is 1. The molecule has 1 aliphatic heterocycles. The molecule has 31 heavy (non-hydrogen) atoms. The van der Waals surface area contributed by atoms with Gasteiger partial charge in [0.25, 0.3) is 0 Å². The number of nitrogens with zero attached hydrogens (tertiary/aromatic N) is 4. The number of carbonyl (C=O) groups is 1. The van der Waals surface area contributed by atoms with Crippen LogP contribution in [-0.2, 0) is 15.7 Å². The fraction of sp³-hybridized carbons (Fsp3) is 0.421. The van der Waals surface area contributed by atoms with E-state index in [0.29, 0.717) is 19.4 Å². The van der Waals surface area contributed by atoms with Crippen molar-refractivity contribution in [2.45, 2.75) is 25.9 Å². The van der Waals surface area contributed by atoms with Gasteiger partial charge in [0.15, 0.2) is 0 Å². The molecule has 0 radical (unpaired) electrons. The van der Waals surface area contributed by atoms with Crippen molar-refractivity contribution in [3.63, 3.8) is 0 Å². The molecule has 1 unspecified atom stereocenters. The summed E-state index contributed by atoms with van der Waals surface area (Å²) in [6.07, 6.45) is -2.48. The smallest absolute Gasteiger partial charge is 0.418 e. The van der Waals surface area contributed by atoms with Crippen molar-refractivity contribution in [1.29, 1.82) is 0 Å². The van der Waals surface area contributed by atoms with E-state index in [0.717, 1.165) is 18.5 Å². The number of ether oxygens (including phenoxy) is 1. The zero-order valence-electron chi connectivity index (χ0n) is 16.6. The first-order valence-electron chi connectivity index (χ1n) is 9.56. The third-order valence-electron chi connectivity index (χ3n) is 4.81. The fourth-order valence-electron chi connectivity index (χ4n) is 3.45. The molecule has 0 amide bonds. The lowest BCUT2D eigenvalue weighted by Gasteiger charge is -2.32. The lowest BCUT2D eigenvalue weighted by Crippen LogP contribution is -2.40. The van der Waals surface area contributed by atoms with Crippen LogP contribution in [0.2, 0.25) is 0 Å². The van der Waals surface area contributed by atoms with Gasteiger partial charge in [0.2, 0.25) is 11.6 Å². The molecule has 0 spiro atoms. The summed E-state index contributed by atoms with van der Waals surface area (Å²) < 4.78 is 44.9. The molecule has 1 N–H and O–H groups in total. The topological polar surface area (TPSA) is 110 Å². The maximum Gasteiger partial charge on any atom is 0.418 e. The Kier molecular flexibility index (Phi) is 6.56. The van der Waals surface area contributed by atoms with Crippen LogP contribution in [0.15, 0.2) is 30.6 Å². The average Bonchev–Trinajstić information content (AvgIpc) is 2.73. The van der Waals surface area contributed by atoms with E-state index in [1.807, 2.05) is 0 Å². The Labute approximate surface area is 175 Å². The van der Waals surface area contributed by atoms with E-state index in [-0.39, 0.29) is 30.5 Å². The van der Waals surface area contributed by atoms with Crippen molar-refractivity contribution in [2.75, 3.05) is 29.9 Å². The van der Waals surface area contributed by atoms with Gasteiger partial charge in [-0.1, -0.05) is 12.1 Å². The number of anilines is 3. The van der Waals surface area contributed by atoms with Gasteiger partial charge in [-0.25, -0.2) is 9.97 Å². The molecular weight excluding hydrogens is 419 g/mol. The average molecular weight is 439 g/mol. The summed E-state index contributed by atoms with van der Waals surface area (Å²) in [5.74, 6) is -1.32. The van der Waals surface area contributed by atoms with Gasteiger partial charge in [-0.3, -0.25) is 14.9 Å². The van der Waals surface area contributed by atoms with Gasteiger partial charge in [0, 0.05) is 13.1 Å². The van der Waals surface area contributed by atoms with Crippen LogP contribution in [0.3, 0.4) is 0 Å². The summed E-state index contributed by atoms with van der Waals surface area (Å²) in [5, 5.41) is 14.3. The Morgan fingerprint density at radius 1 is 1.35 bits per heavy atom. The standard InChI is InChI=1S/C19H20F3N5O4/c1-2-31-18(28)12-6-5-9-26(10-12)17-15(27(29)30)16(23-11-24-17)25-14-8-4-3-7-13(14)19(20,21)22/h3-4,7-8,11-12H,2,5-6,9-10H2,1H3,(H,23,24,25). The van der Waals surface area contributed by atoms with Crippen LogP contribution in [0.5, 0.6) is 0 Å². The number of esters is 1. The second-order valence-corrected chi connectivity index (χ2v) is 6.86. The van der Waals surface area contributed by atoms with Crippen molar-refractivity contribution in [3.05, 3.63) is 46.3 Å². The Hall–Kier alpha value is -3.44. The number of halogens is 3. The predicted molar refractivity (Wildman–Crippen MR) is 105 cm³/mol. The van der Waals surface area contributed by atoms with Crippen LogP contribution in [0.1, 0.15) is 25.3 Å². The minimum absolute atomic E-state index is 0.0685.